The van der Waals surface area contributed by atoms with Gasteiger partial charge < -0.3 is 35.4 Å². The first-order chi connectivity index (χ1) is 24.3. The van der Waals surface area contributed by atoms with E-state index in [9.17, 15) is 29.1 Å². The van der Waals surface area contributed by atoms with E-state index in [0.29, 0.717) is 58.2 Å². The Kier molecular flexibility index (Phi) is 13.2. The molecule has 0 aromatic heterocycles. The molecular weight excluding hydrogens is 664 g/mol. The lowest BCUT2D eigenvalue weighted by molar-refractivity contribution is -0.144. The number of carboxylic acids is 1. The molecule has 1 saturated heterocycles. The van der Waals surface area contributed by atoms with Crippen LogP contribution in [0.25, 0.3) is 5.57 Å². The van der Waals surface area contributed by atoms with Crippen LogP contribution in [0.4, 0.5) is 9.59 Å². The second-order valence-electron chi connectivity index (χ2n) is 16.6. The number of likely N-dealkylation sites (tertiary alicyclic amines) is 1. The molecule has 1 unspecified atom stereocenters. The Hall–Kier alpha value is -4.35. The summed E-state index contributed by atoms with van der Waals surface area (Å²) in [5.41, 5.74) is 0.633. The topological polar surface area (TPSA) is 163 Å². The molecule has 0 radical (unpaired) electrons. The van der Waals surface area contributed by atoms with Crippen molar-refractivity contribution in [2.24, 2.45) is 17.3 Å². The number of carbonyl (C=O) groups is 5. The zero-order valence-corrected chi connectivity index (χ0v) is 31.9. The van der Waals surface area contributed by atoms with E-state index < -0.39 is 34.7 Å². The van der Waals surface area contributed by atoms with Gasteiger partial charge in [-0.05, 0) is 122 Å². The van der Waals surface area contributed by atoms with E-state index in [2.05, 4.69) is 16.0 Å². The van der Waals surface area contributed by atoms with Crippen LogP contribution in [-0.4, -0.2) is 82.9 Å². The molecule has 3 aliphatic rings. The number of piperidine rings is 1. The van der Waals surface area contributed by atoms with Gasteiger partial charge >= 0.3 is 18.2 Å². The van der Waals surface area contributed by atoms with E-state index in [1.807, 2.05) is 64.1 Å². The number of amides is 4. The third-order valence-electron chi connectivity index (χ3n) is 9.99. The molecule has 1 aliphatic heterocycles. The molecule has 1 heterocycles. The number of hydrogen-bond donors (Lipinski definition) is 4. The zero-order valence-electron chi connectivity index (χ0n) is 31.9. The standard InChI is InChI=1S/C40H58N4O8/c1-26-10-8-9-11-31(26)28-16-20-40(21-17-28,35(48)42-30-18-22-44(23-19-30)37(50)52-39(5,6)7)24-32(34(46)47)43-33(45)29-14-12-27(13-15-29)25-41-36(49)51-38(2,3)4/h8-11,16-17,20,27,29-30,32H,12-15,18-19,21-25H2,1-7H3,(H,41,49)(H,42,48)(H,43,45)(H,46,47)/t27?,29?,32-,40?/m0/s1. The summed E-state index contributed by atoms with van der Waals surface area (Å²) in [7, 11) is 0. The summed E-state index contributed by atoms with van der Waals surface area (Å²) in [5.74, 6) is -2.03. The fourth-order valence-corrected chi connectivity index (χ4v) is 7.07. The van der Waals surface area contributed by atoms with Gasteiger partial charge in [0, 0.05) is 31.6 Å². The van der Waals surface area contributed by atoms with E-state index in [1.54, 1.807) is 31.7 Å². The van der Waals surface area contributed by atoms with Crippen LogP contribution in [0.3, 0.4) is 0 Å². The van der Waals surface area contributed by atoms with E-state index in [1.165, 1.54) is 0 Å². The predicted molar refractivity (Wildman–Crippen MR) is 198 cm³/mol. The van der Waals surface area contributed by atoms with Gasteiger partial charge in [0.05, 0.1) is 5.41 Å². The average Bonchev–Trinajstić information content (AvgIpc) is 3.06. The van der Waals surface area contributed by atoms with Crippen LogP contribution in [0, 0.1) is 24.2 Å². The lowest BCUT2D eigenvalue weighted by Gasteiger charge is -2.38. The van der Waals surface area contributed by atoms with Gasteiger partial charge in [-0.25, -0.2) is 14.4 Å². The third kappa shape index (κ3) is 11.6. The average molecular weight is 723 g/mol. The van der Waals surface area contributed by atoms with Crippen molar-refractivity contribution >= 4 is 35.5 Å². The van der Waals surface area contributed by atoms with Crippen LogP contribution >= 0.6 is 0 Å². The maximum Gasteiger partial charge on any atom is 0.410 e. The number of allylic oxidation sites excluding steroid dienone is 3. The van der Waals surface area contributed by atoms with Gasteiger partial charge in [-0.1, -0.05) is 42.5 Å². The Morgan fingerprint density at radius 1 is 0.923 bits per heavy atom. The number of aryl methyl sites for hydroxylation is 1. The maximum atomic E-state index is 14.2. The highest BCUT2D eigenvalue weighted by Crippen LogP contribution is 2.39. The summed E-state index contributed by atoms with van der Waals surface area (Å²) in [6.45, 7) is 14.2. The highest BCUT2D eigenvalue weighted by Gasteiger charge is 2.43. The van der Waals surface area contributed by atoms with Gasteiger partial charge in [-0.15, -0.1) is 0 Å². The lowest BCUT2D eigenvalue weighted by atomic mass is 9.73. The molecular formula is C40H58N4O8. The zero-order chi connectivity index (χ0) is 38.3. The van der Waals surface area contributed by atoms with Crippen LogP contribution in [0.5, 0.6) is 0 Å². The molecule has 12 heteroatoms. The molecule has 1 saturated carbocycles. The second-order valence-corrected chi connectivity index (χ2v) is 16.6. The third-order valence-corrected chi connectivity index (χ3v) is 9.99. The molecule has 2 aliphatic carbocycles. The van der Waals surface area contributed by atoms with Gasteiger partial charge in [-0.3, -0.25) is 9.59 Å². The Morgan fingerprint density at radius 3 is 2.12 bits per heavy atom. The molecule has 4 amide bonds. The normalized spacial score (nSPS) is 23.1. The Balaban J connectivity index is 1.42. The molecule has 4 N–H and O–H groups in total. The van der Waals surface area contributed by atoms with E-state index in [-0.39, 0.29) is 48.6 Å². The van der Waals surface area contributed by atoms with Crippen LogP contribution in [0.1, 0.15) is 104 Å². The molecule has 1 aromatic carbocycles. The SMILES string of the molecule is Cc1ccccc1C1=CCC(C[C@H](NC(=O)C2CCC(CNC(=O)OC(C)(C)C)CC2)C(=O)O)(C(=O)NC2CCN(C(=O)OC(C)(C)C)CC2)C=C1. The van der Waals surface area contributed by atoms with Crippen molar-refractivity contribution in [1.82, 2.24) is 20.9 Å². The number of nitrogens with one attached hydrogen (secondary N) is 3. The number of nitrogens with zero attached hydrogens (tertiary/aromatic N) is 1. The number of benzene rings is 1. The fourth-order valence-electron chi connectivity index (χ4n) is 7.07. The summed E-state index contributed by atoms with van der Waals surface area (Å²) in [5, 5.41) is 19.1. The second kappa shape index (κ2) is 17.0. The molecule has 0 spiro atoms. The quantitative estimate of drug-likeness (QED) is 0.224. The van der Waals surface area contributed by atoms with E-state index in [4.69, 9.17) is 9.47 Å². The number of rotatable bonds is 10. The van der Waals surface area contributed by atoms with Gasteiger partial charge in [0.2, 0.25) is 11.8 Å². The van der Waals surface area contributed by atoms with Crippen molar-refractivity contribution < 1.29 is 38.6 Å². The van der Waals surface area contributed by atoms with Gasteiger partial charge in [-0.2, -0.15) is 0 Å². The van der Waals surface area contributed by atoms with Crippen LogP contribution in [-0.2, 0) is 23.9 Å². The predicted octanol–water partition coefficient (Wildman–Crippen LogP) is 6.13. The number of hydrogen-bond acceptors (Lipinski definition) is 7. The maximum absolute atomic E-state index is 14.2. The number of aliphatic carboxylic acids is 1. The fraction of sp³-hybridized carbons (Fsp3) is 0.625. The van der Waals surface area contributed by atoms with Crippen LogP contribution in [0.15, 0.2) is 42.5 Å². The first-order valence-corrected chi connectivity index (χ1v) is 18.6. The van der Waals surface area contributed by atoms with Crippen LogP contribution in [0.2, 0.25) is 0 Å². The summed E-state index contributed by atoms with van der Waals surface area (Å²) in [4.78, 5) is 66.7. The van der Waals surface area contributed by atoms with Crippen LogP contribution < -0.4 is 16.0 Å². The molecule has 1 aromatic rings. The van der Waals surface area contributed by atoms with Crippen molar-refractivity contribution in [2.75, 3.05) is 19.6 Å². The van der Waals surface area contributed by atoms with E-state index >= 15 is 0 Å². The Morgan fingerprint density at radius 2 is 1.56 bits per heavy atom. The largest absolute Gasteiger partial charge is 0.480 e. The summed E-state index contributed by atoms with van der Waals surface area (Å²) in [6, 6.07) is 6.44. The number of alkyl carbamates (subject to hydrolysis) is 1. The number of carboxylic acid groups (broad SMARTS) is 1. The van der Waals surface area contributed by atoms with Gasteiger partial charge in [0.25, 0.3) is 0 Å². The van der Waals surface area contributed by atoms with Crippen molar-refractivity contribution in [3.8, 4) is 0 Å². The smallest absolute Gasteiger partial charge is 0.410 e. The first kappa shape index (κ1) is 40.4. The minimum absolute atomic E-state index is 0.125. The molecule has 52 heavy (non-hydrogen) atoms. The molecule has 2 fully saturated rings. The Labute approximate surface area is 308 Å². The van der Waals surface area contributed by atoms with E-state index in [0.717, 1.165) is 16.7 Å². The van der Waals surface area contributed by atoms with Gasteiger partial charge in [0.15, 0.2) is 0 Å². The molecule has 0 bridgehead atoms. The monoisotopic (exact) mass is 722 g/mol. The molecule has 12 nitrogen and oxygen atoms in total. The van der Waals surface area contributed by atoms with Crippen molar-refractivity contribution in [3.05, 3.63) is 53.6 Å². The molecule has 286 valence electrons. The highest BCUT2D eigenvalue weighted by atomic mass is 16.6. The summed E-state index contributed by atoms with van der Waals surface area (Å²) in [6.07, 6.45) is 8.53. The van der Waals surface area contributed by atoms with Crippen molar-refractivity contribution in [3.63, 3.8) is 0 Å². The lowest BCUT2D eigenvalue weighted by Crippen LogP contribution is -2.53. The first-order valence-electron chi connectivity index (χ1n) is 18.6. The minimum atomic E-state index is -1.29. The Bertz CT molecular complexity index is 1520. The molecule has 4 rings (SSSR count). The highest BCUT2D eigenvalue weighted by molar-refractivity contribution is 5.91. The molecule has 2 atom stereocenters. The van der Waals surface area contributed by atoms with Crippen molar-refractivity contribution in [1.29, 1.82) is 0 Å². The minimum Gasteiger partial charge on any atom is -0.480 e. The van der Waals surface area contributed by atoms with Gasteiger partial charge in [0.1, 0.15) is 17.2 Å². The summed E-state index contributed by atoms with van der Waals surface area (Å²) >= 11 is 0. The number of carbonyl (C=O) groups excluding carboxylic acids is 4. The summed E-state index contributed by atoms with van der Waals surface area (Å²) < 4.78 is 10.8. The van der Waals surface area contributed by atoms with Crippen molar-refractivity contribution in [2.45, 2.75) is 123 Å². The number of ether oxygens (including phenoxy) is 2.